The van der Waals surface area contributed by atoms with E-state index >= 15 is 0 Å². The number of benzene rings is 1. The number of cyclic esters (lactones) is 2. The summed E-state index contributed by atoms with van der Waals surface area (Å²) in [6, 6.07) is 9.95. The van der Waals surface area contributed by atoms with Gasteiger partial charge in [-0.05, 0) is 5.56 Å². The minimum atomic E-state index is -0.576. The second kappa shape index (κ2) is 5.51. The second-order valence-corrected chi connectivity index (χ2v) is 3.63. The average Bonchev–Trinajstić information content (AvgIpc) is 2.72. The summed E-state index contributed by atoms with van der Waals surface area (Å²) >= 11 is 0. The van der Waals surface area contributed by atoms with Gasteiger partial charge in [0.15, 0.2) is 0 Å². The van der Waals surface area contributed by atoms with E-state index < -0.39 is 6.16 Å². The fourth-order valence-corrected chi connectivity index (χ4v) is 1.49. The molecule has 0 aromatic heterocycles. The topological polar surface area (TPSA) is 44.8 Å². The average molecular weight is 222 g/mol. The van der Waals surface area contributed by atoms with Crippen LogP contribution < -0.4 is 0 Å². The molecule has 1 saturated heterocycles. The first-order chi connectivity index (χ1) is 7.84. The fraction of sp³-hybridized carbons (Fsp3) is 0.417. The Balaban J connectivity index is 1.60. The summed E-state index contributed by atoms with van der Waals surface area (Å²) in [7, 11) is 0. The van der Waals surface area contributed by atoms with Gasteiger partial charge in [0.05, 0.1) is 13.2 Å². The lowest BCUT2D eigenvalue weighted by Crippen LogP contribution is -2.13. The molecule has 0 bridgehead atoms. The van der Waals surface area contributed by atoms with Crippen molar-refractivity contribution in [2.45, 2.75) is 19.1 Å². The molecule has 86 valence electrons. The molecule has 0 saturated carbocycles. The van der Waals surface area contributed by atoms with Crippen molar-refractivity contribution in [3.63, 3.8) is 0 Å². The number of carbonyl (C=O) groups excluding carboxylic acids is 1. The van der Waals surface area contributed by atoms with Gasteiger partial charge in [-0.3, -0.25) is 0 Å². The van der Waals surface area contributed by atoms with Crippen LogP contribution in [0.25, 0.3) is 0 Å². The molecule has 1 fully saturated rings. The maximum Gasteiger partial charge on any atom is 0.508 e. The van der Waals surface area contributed by atoms with Crippen LogP contribution in [0.1, 0.15) is 12.0 Å². The Labute approximate surface area is 94.1 Å². The predicted octanol–water partition coefficient (Wildman–Crippen LogP) is 2.13. The van der Waals surface area contributed by atoms with E-state index in [1.54, 1.807) is 0 Å². The lowest BCUT2D eigenvalue weighted by atomic mass is 10.2. The Bertz CT molecular complexity index is 336. The molecule has 0 aliphatic carbocycles. The summed E-state index contributed by atoms with van der Waals surface area (Å²) in [4.78, 5) is 10.6. The highest BCUT2D eigenvalue weighted by Gasteiger charge is 2.24. The third-order valence-corrected chi connectivity index (χ3v) is 2.35. The molecule has 4 nitrogen and oxygen atoms in total. The summed E-state index contributed by atoms with van der Waals surface area (Å²) in [5.41, 5.74) is 1.14. The molecule has 0 amide bonds. The molecule has 1 atom stereocenters. The molecule has 1 aliphatic heterocycles. The smallest absolute Gasteiger partial charge is 0.430 e. The van der Waals surface area contributed by atoms with Crippen molar-refractivity contribution in [1.82, 2.24) is 0 Å². The zero-order valence-electron chi connectivity index (χ0n) is 8.93. The van der Waals surface area contributed by atoms with Crippen LogP contribution in [-0.2, 0) is 20.8 Å². The van der Waals surface area contributed by atoms with E-state index in [1.807, 2.05) is 30.3 Å². The van der Waals surface area contributed by atoms with E-state index in [1.165, 1.54) is 0 Å². The SMILES string of the molecule is O=C1OC[C@H](CCOCc2ccccc2)O1. The highest BCUT2D eigenvalue weighted by molar-refractivity contribution is 5.61. The van der Waals surface area contributed by atoms with Gasteiger partial charge < -0.3 is 14.2 Å². The maximum absolute atomic E-state index is 10.6. The Morgan fingerprint density at radius 3 is 2.81 bits per heavy atom. The third-order valence-electron chi connectivity index (χ3n) is 2.35. The van der Waals surface area contributed by atoms with Crippen molar-refractivity contribution in [2.24, 2.45) is 0 Å². The predicted molar refractivity (Wildman–Crippen MR) is 56.9 cm³/mol. The van der Waals surface area contributed by atoms with Crippen LogP contribution >= 0.6 is 0 Å². The number of hydrogen-bond donors (Lipinski definition) is 0. The highest BCUT2D eigenvalue weighted by atomic mass is 16.8. The molecule has 0 radical (unpaired) electrons. The van der Waals surface area contributed by atoms with Gasteiger partial charge in [-0.1, -0.05) is 30.3 Å². The van der Waals surface area contributed by atoms with Crippen molar-refractivity contribution in [1.29, 1.82) is 0 Å². The van der Waals surface area contributed by atoms with Crippen molar-refractivity contribution in [2.75, 3.05) is 13.2 Å². The van der Waals surface area contributed by atoms with Gasteiger partial charge in [0.25, 0.3) is 0 Å². The van der Waals surface area contributed by atoms with Crippen molar-refractivity contribution in [3.8, 4) is 0 Å². The molecule has 1 heterocycles. The zero-order chi connectivity index (χ0) is 11.2. The highest BCUT2D eigenvalue weighted by Crippen LogP contribution is 2.10. The molecule has 16 heavy (non-hydrogen) atoms. The van der Waals surface area contributed by atoms with Gasteiger partial charge in [0, 0.05) is 6.42 Å². The van der Waals surface area contributed by atoms with E-state index in [-0.39, 0.29) is 6.10 Å². The molecule has 0 unspecified atom stereocenters. The molecular formula is C12H14O4. The summed E-state index contributed by atoms with van der Waals surface area (Å²) < 4.78 is 15.0. The monoisotopic (exact) mass is 222 g/mol. The lowest BCUT2D eigenvalue weighted by Gasteiger charge is -2.07. The molecule has 1 aromatic rings. The third kappa shape index (κ3) is 3.24. The standard InChI is InChI=1S/C12H14O4/c13-12-15-9-11(16-12)6-7-14-8-10-4-2-1-3-5-10/h1-5,11H,6-9H2/t11-/m0/s1. The van der Waals surface area contributed by atoms with Crippen LogP contribution in [-0.4, -0.2) is 25.5 Å². The van der Waals surface area contributed by atoms with Crippen molar-refractivity contribution < 1.29 is 19.0 Å². The quantitative estimate of drug-likeness (QED) is 0.565. The first-order valence-corrected chi connectivity index (χ1v) is 5.29. The largest absolute Gasteiger partial charge is 0.508 e. The Morgan fingerprint density at radius 2 is 2.12 bits per heavy atom. The minimum absolute atomic E-state index is 0.150. The van der Waals surface area contributed by atoms with E-state index in [0.29, 0.717) is 26.2 Å². The molecule has 0 spiro atoms. The van der Waals surface area contributed by atoms with Crippen LogP contribution in [0.4, 0.5) is 4.79 Å². The van der Waals surface area contributed by atoms with E-state index in [9.17, 15) is 4.79 Å². The zero-order valence-corrected chi connectivity index (χ0v) is 8.93. The van der Waals surface area contributed by atoms with Crippen LogP contribution in [0.2, 0.25) is 0 Å². The van der Waals surface area contributed by atoms with Gasteiger partial charge in [-0.2, -0.15) is 0 Å². The normalized spacial score (nSPS) is 19.2. The van der Waals surface area contributed by atoms with Crippen LogP contribution in [0.15, 0.2) is 30.3 Å². The Kier molecular flexibility index (Phi) is 3.77. The first kappa shape index (κ1) is 11.0. The second-order valence-electron chi connectivity index (χ2n) is 3.63. The summed E-state index contributed by atoms with van der Waals surface area (Å²) in [6.07, 6.45) is -0.0465. The minimum Gasteiger partial charge on any atom is -0.430 e. The molecule has 1 aliphatic rings. The van der Waals surface area contributed by atoms with Gasteiger partial charge in [-0.25, -0.2) is 4.79 Å². The van der Waals surface area contributed by atoms with E-state index in [0.717, 1.165) is 5.56 Å². The molecular weight excluding hydrogens is 208 g/mol. The van der Waals surface area contributed by atoms with Gasteiger partial charge in [-0.15, -0.1) is 0 Å². The fourth-order valence-electron chi connectivity index (χ4n) is 1.49. The first-order valence-electron chi connectivity index (χ1n) is 5.29. The van der Waals surface area contributed by atoms with Crippen molar-refractivity contribution in [3.05, 3.63) is 35.9 Å². The molecule has 4 heteroatoms. The summed E-state index contributed by atoms with van der Waals surface area (Å²) in [6.45, 7) is 1.49. The summed E-state index contributed by atoms with van der Waals surface area (Å²) in [5.74, 6) is 0. The number of carbonyl (C=O) groups is 1. The number of rotatable bonds is 5. The lowest BCUT2D eigenvalue weighted by molar-refractivity contribution is 0.0763. The van der Waals surface area contributed by atoms with E-state index in [2.05, 4.69) is 4.74 Å². The van der Waals surface area contributed by atoms with Crippen LogP contribution in [0, 0.1) is 0 Å². The molecule has 1 aromatic carbocycles. The number of ether oxygens (including phenoxy) is 3. The number of hydrogen-bond acceptors (Lipinski definition) is 4. The van der Waals surface area contributed by atoms with Gasteiger partial charge in [0.2, 0.25) is 0 Å². The maximum atomic E-state index is 10.6. The Hall–Kier alpha value is -1.55. The van der Waals surface area contributed by atoms with Gasteiger partial charge in [0.1, 0.15) is 12.7 Å². The van der Waals surface area contributed by atoms with Gasteiger partial charge >= 0.3 is 6.16 Å². The molecule has 2 rings (SSSR count). The van der Waals surface area contributed by atoms with E-state index in [4.69, 9.17) is 9.47 Å². The van der Waals surface area contributed by atoms with Crippen molar-refractivity contribution >= 4 is 6.16 Å². The Morgan fingerprint density at radius 1 is 1.31 bits per heavy atom. The van der Waals surface area contributed by atoms with Crippen LogP contribution in [0.3, 0.4) is 0 Å². The summed E-state index contributed by atoms with van der Waals surface area (Å²) in [5, 5.41) is 0. The molecule has 0 N–H and O–H groups in total. The van der Waals surface area contributed by atoms with Crippen LogP contribution in [0.5, 0.6) is 0 Å².